The van der Waals surface area contributed by atoms with Gasteiger partial charge in [0.05, 0.1) is 22.3 Å². The number of hydrogen-bond donors (Lipinski definition) is 3. The Morgan fingerprint density at radius 1 is 1.13 bits per heavy atom. The summed E-state index contributed by atoms with van der Waals surface area (Å²) in [7, 11) is 0. The largest absolute Gasteiger partial charge is 0.395 e. The minimum atomic E-state index is 0.151. The number of hydrogen-bond acceptors (Lipinski definition) is 3. The monoisotopic (exact) mass is 248 g/mol. The standard InChI is InChI=1S/C10H14Cl2N2O/c11-8-2-1-3-9(10(8)12)14-5-4-13-6-7-15/h1-3,13-15H,4-7H2. The summed E-state index contributed by atoms with van der Waals surface area (Å²) in [4.78, 5) is 0. The van der Waals surface area contributed by atoms with E-state index in [1.807, 2.05) is 12.1 Å². The van der Waals surface area contributed by atoms with Crippen molar-refractivity contribution >= 4 is 28.9 Å². The molecule has 0 saturated heterocycles. The molecule has 84 valence electrons. The van der Waals surface area contributed by atoms with Crippen LogP contribution in [-0.2, 0) is 0 Å². The van der Waals surface area contributed by atoms with Gasteiger partial charge in [-0.15, -0.1) is 0 Å². The SMILES string of the molecule is OCCNCCNc1cccc(Cl)c1Cl. The van der Waals surface area contributed by atoms with Gasteiger partial charge in [-0.2, -0.15) is 0 Å². The second-order valence-corrected chi connectivity index (χ2v) is 3.79. The summed E-state index contributed by atoms with van der Waals surface area (Å²) in [5.74, 6) is 0. The Hall–Kier alpha value is -0.480. The summed E-state index contributed by atoms with van der Waals surface area (Å²) in [5, 5.41) is 15.8. The number of nitrogens with one attached hydrogen (secondary N) is 2. The van der Waals surface area contributed by atoms with Crippen LogP contribution in [0.3, 0.4) is 0 Å². The average molecular weight is 249 g/mol. The van der Waals surface area contributed by atoms with Crippen LogP contribution in [0.2, 0.25) is 10.0 Å². The fraction of sp³-hybridized carbons (Fsp3) is 0.400. The zero-order valence-corrected chi connectivity index (χ0v) is 9.78. The maximum absolute atomic E-state index is 8.54. The van der Waals surface area contributed by atoms with E-state index >= 15 is 0 Å². The minimum Gasteiger partial charge on any atom is -0.395 e. The van der Waals surface area contributed by atoms with E-state index in [4.69, 9.17) is 28.3 Å². The van der Waals surface area contributed by atoms with Gasteiger partial charge >= 0.3 is 0 Å². The smallest absolute Gasteiger partial charge is 0.0823 e. The molecule has 0 heterocycles. The first-order valence-electron chi connectivity index (χ1n) is 4.75. The van der Waals surface area contributed by atoms with Crippen LogP contribution >= 0.6 is 23.2 Å². The Bertz CT molecular complexity index is 307. The zero-order valence-electron chi connectivity index (χ0n) is 8.26. The molecule has 0 fully saturated rings. The third kappa shape index (κ3) is 4.26. The highest BCUT2D eigenvalue weighted by molar-refractivity contribution is 6.43. The molecule has 0 unspecified atom stereocenters. The van der Waals surface area contributed by atoms with Gasteiger partial charge in [-0.05, 0) is 12.1 Å². The molecule has 5 heteroatoms. The van der Waals surface area contributed by atoms with E-state index in [1.54, 1.807) is 6.07 Å². The maximum Gasteiger partial charge on any atom is 0.0823 e. The van der Waals surface area contributed by atoms with Gasteiger partial charge in [0.15, 0.2) is 0 Å². The Morgan fingerprint density at radius 2 is 1.93 bits per heavy atom. The summed E-state index contributed by atoms with van der Waals surface area (Å²) in [6.45, 7) is 2.26. The molecule has 1 rings (SSSR count). The van der Waals surface area contributed by atoms with E-state index in [0.29, 0.717) is 16.6 Å². The van der Waals surface area contributed by atoms with Crippen LogP contribution in [0.4, 0.5) is 5.69 Å². The quantitative estimate of drug-likeness (QED) is 0.675. The molecule has 0 amide bonds. The van der Waals surface area contributed by atoms with Crippen molar-refractivity contribution < 1.29 is 5.11 Å². The Balaban J connectivity index is 2.34. The zero-order chi connectivity index (χ0) is 11.1. The average Bonchev–Trinajstić information content (AvgIpc) is 2.24. The Morgan fingerprint density at radius 3 is 2.67 bits per heavy atom. The first-order valence-corrected chi connectivity index (χ1v) is 5.50. The van der Waals surface area contributed by atoms with Gasteiger partial charge in [0.2, 0.25) is 0 Å². The first-order chi connectivity index (χ1) is 7.25. The van der Waals surface area contributed by atoms with Gasteiger partial charge in [0.25, 0.3) is 0 Å². The predicted octanol–water partition coefficient (Wildman–Crippen LogP) is 1.99. The molecule has 1 aromatic rings. The highest BCUT2D eigenvalue weighted by atomic mass is 35.5. The molecule has 0 aromatic heterocycles. The first kappa shape index (κ1) is 12.6. The van der Waals surface area contributed by atoms with Crippen LogP contribution in [0.25, 0.3) is 0 Å². The van der Waals surface area contributed by atoms with Crippen molar-refractivity contribution in [3.05, 3.63) is 28.2 Å². The summed E-state index contributed by atoms with van der Waals surface area (Å²) in [5.41, 5.74) is 0.829. The van der Waals surface area contributed by atoms with Gasteiger partial charge in [-0.1, -0.05) is 29.3 Å². The van der Waals surface area contributed by atoms with Crippen LogP contribution in [0, 0.1) is 0 Å². The maximum atomic E-state index is 8.54. The molecular weight excluding hydrogens is 235 g/mol. The van der Waals surface area contributed by atoms with Crippen LogP contribution in [-0.4, -0.2) is 31.3 Å². The fourth-order valence-corrected chi connectivity index (χ4v) is 1.50. The van der Waals surface area contributed by atoms with E-state index in [-0.39, 0.29) is 6.61 Å². The van der Waals surface area contributed by atoms with Gasteiger partial charge in [-0.3, -0.25) is 0 Å². The predicted molar refractivity (Wildman–Crippen MR) is 64.9 cm³/mol. The second-order valence-electron chi connectivity index (χ2n) is 3.00. The molecule has 0 radical (unpaired) electrons. The number of aliphatic hydroxyl groups excluding tert-OH is 1. The van der Waals surface area contributed by atoms with Crippen molar-refractivity contribution in [2.24, 2.45) is 0 Å². The molecule has 0 aliphatic carbocycles. The molecular formula is C10H14Cl2N2O. The minimum absolute atomic E-state index is 0.151. The number of anilines is 1. The lowest BCUT2D eigenvalue weighted by atomic mass is 10.3. The molecule has 0 aliphatic rings. The third-order valence-electron chi connectivity index (χ3n) is 1.86. The molecule has 0 spiro atoms. The van der Waals surface area contributed by atoms with E-state index in [2.05, 4.69) is 10.6 Å². The molecule has 3 nitrogen and oxygen atoms in total. The summed E-state index contributed by atoms with van der Waals surface area (Å²) >= 11 is 11.8. The number of halogens is 2. The van der Waals surface area contributed by atoms with Crippen molar-refractivity contribution in [2.45, 2.75) is 0 Å². The topological polar surface area (TPSA) is 44.3 Å². The van der Waals surface area contributed by atoms with E-state index < -0.39 is 0 Å². The number of rotatable bonds is 6. The number of aliphatic hydroxyl groups is 1. The summed E-state index contributed by atoms with van der Waals surface area (Å²) in [6, 6.07) is 5.47. The second kappa shape index (κ2) is 6.90. The van der Waals surface area contributed by atoms with Crippen LogP contribution in [0.1, 0.15) is 0 Å². The summed E-state index contributed by atoms with van der Waals surface area (Å²) < 4.78 is 0. The highest BCUT2D eigenvalue weighted by Crippen LogP contribution is 2.29. The molecule has 1 aromatic carbocycles. The molecule has 0 saturated carbocycles. The third-order valence-corrected chi connectivity index (χ3v) is 2.68. The lowest BCUT2D eigenvalue weighted by Gasteiger charge is -2.09. The Kier molecular flexibility index (Phi) is 5.79. The number of benzene rings is 1. The molecule has 0 bridgehead atoms. The van der Waals surface area contributed by atoms with Crippen LogP contribution < -0.4 is 10.6 Å². The lowest BCUT2D eigenvalue weighted by Crippen LogP contribution is -2.24. The van der Waals surface area contributed by atoms with Crippen molar-refractivity contribution in [2.75, 3.05) is 31.6 Å². The van der Waals surface area contributed by atoms with Crippen LogP contribution in [0.5, 0.6) is 0 Å². The van der Waals surface area contributed by atoms with Gasteiger partial charge in [0, 0.05) is 19.6 Å². The molecule has 15 heavy (non-hydrogen) atoms. The van der Waals surface area contributed by atoms with Crippen molar-refractivity contribution in [3.8, 4) is 0 Å². The van der Waals surface area contributed by atoms with Crippen LogP contribution in [0.15, 0.2) is 18.2 Å². The van der Waals surface area contributed by atoms with E-state index in [9.17, 15) is 0 Å². The van der Waals surface area contributed by atoms with Gasteiger partial charge in [0.1, 0.15) is 0 Å². The normalized spacial score (nSPS) is 10.3. The van der Waals surface area contributed by atoms with Crippen molar-refractivity contribution in [1.29, 1.82) is 0 Å². The molecule has 3 N–H and O–H groups in total. The molecule has 0 atom stereocenters. The van der Waals surface area contributed by atoms with Crippen molar-refractivity contribution in [1.82, 2.24) is 5.32 Å². The van der Waals surface area contributed by atoms with E-state index in [0.717, 1.165) is 18.8 Å². The fourth-order valence-electron chi connectivity index (χ4n) is 1.13. The van der Waals surface area contributed by atoms with Gasteiger partial charge < -0.3 is 15.7 Å². The van der Waals surface area contributed by atoms with E-state index in [1.165, 1.54) is 0 Å². The Labute approximate surface area is 99.4 Å². The lowest BCUT2D eigenvalue weighted by molar-refractivity contribution is 0.293. The van der Waals surface area contributed by atoms with Crippen molar-refractivity contribution in [3.63, 3.8) is 0 Å². The molecule has 0 aliphatic heterocycles. The van der Waals surface area contributed by atoms with Gasteiger partial charge in [-0.25, -0.2) is 0 Å². The summed E-state index contributed by atoms with van der Waals surface area (Å²) in [6.07, 6.45) is 0. The highest BCUT2D eigenvalue weighted by Gasteiger charge is 2.02.